The Morgan fingerprint density at radius 3 is 2.48 bits per heavy atom. The summed E-state index contributed by atoms with van der Waals surface area (Å²) >= 11 is 1.18. The van der Waals surface area contributed by atoms with Crippen molar-refractivity contribution in [3.05, 3.63) is 54.1 Å². The van der Waals surface area contributed by atoms with Crippen LogP contribution in [0.15, 0.2) is 58.3 Å². The Labute approximate surface area is 186 Å². The van der Waals surface area contributed by atoms with Crippen molar-refractivity contribution in [3.63, 3.8) is 0 Å². The molecule has 2 amide bonds. The molecule has 2 aromatic carbocycles. The summed E-state index contributed by atoms with van der Waals surface area (Å²) in [5.41, 5.74) is 1.26. The summed E-state index contributed by atoms with van der Waals surface area (Å²) in [6.45, 7) is 1.54. The molecular weight excluding hydrogens is 434 g/mol. The highest BCUT2D eigenvalue weighted by molar-refractivity contribution is 8.01. The van der Waals surface area contributed by atoms with Crippen LogP contribution in [0.4, 0.5) is 5.69 Å². The predicted octanol–water partition coefficient (Wildman–Crippen LogP) is 2.98. The lowest BCUT2D eigenvalue weighted by Crippen LogP contribution is -2.45. The second-order valence-corrected chi connectivity index (χ2v) is 10.6. The zero-order chi connectivity index (χ0) is 21.8. The molecule has 1 unspecified atom stereocenters. The third-order valence-corrected chi connectivity index (χ3v) is 8.11. The Morgan fingerprint density at radius 2 is 1.77 bits per heavy atom. The molecule has 4 rings (SSSR count). The van der Waals surface area contributed by atoms with Gasteiger partial charge in [-0.05, 0) is 36.6 Å². The maximum atomic E-state index is 12.9. The molecule has 0 radical (unpaired) electrons. The molecule has 0 bridgehead atoms. The fourth-order valence-electron chi connectivity index (χ4n) is 3.73. The fraction of sp³-hybridized carbons (Fsp3) is 0.364. The average molecular weight is 460 g/mol. The summed E-state index contributed by atoms with van der Waals surface area (Å²) in [5.74, 6) is -0.574. The number of fused-ring (bicyclic) bond motifs is 1. The lowest BCUT2D eigenvalue weighted by Gasteiger charge is -2.28. The normalized spacial score (nSPS) is 19.3. The molecule has 2 aliphatic rings. The van der Waals surface area contributed by atoms with Crippen LogP contribution in [0.5, 0.6) is 0 Å². The van der Waals surface area contributed by atoms with Gasteiger partial charge in [0.25, 0.3) is 0 Å². The van der Waals surface area contributed by atoms with Crippen LogP contribution < -0.4 is 10.0 Å². The minimum Gasteiger partial charge on any atom is -0.341 e. The molecule has 164 valence electrons. The minimum atomic E-state index is -3.75. The number of nitrogens with zero attached hydrogens (tertiary/aromatic N) is 1. The van der Waals surface area contributed by atoms with Gasteiger partial charge in [-0.25, -0.2) is 13.1 Å². The van der Waals surface area contributed by atoms with Crippen molar-refractivity contribution in [1.29, 1.82) is 0 Å². The number of hydrogen-bond donors (Lipinski definition) is 2. The Hall–Kier alpha value is -2.36. The lowest BCUT2D eigenvalue weighted by atomic mass is 10.2. The van der Waals surface area contributed by atoms with E-state index < -0.39 is 21.2 Å². The molecule has 0 saturated carbocycles. The third-order valence-electron chi connectivity index (χ3n) is 5.45. The van der Waals surface area contributed by atoms with Gasteiger partial charge >= 0.3 is 0 Å². The Morgan fingerprint density at radius 1 is 1.06 bits per heavy atom. The van der Waals surface area contributed by atoms with E-state index in [0.717, 1.165) is 31.2 Å². The number of carbonyl (C=O) groups excluding carboxylic acids is 2. The highest BCUT2D eigenvalue weighted by atomic mass is 32.2. The number of anilines is 1. The van der Waals surface area contributed by atoms with E-state index in [0.29, 0.717) is 23.7 Å². The van der Waals surface area contributed by atoms with Crippen molar-refractivity contribution >= 4 is 39.3 Å². The van der Waals surface area contributed by atoms with Crippen LogP contribution in [0.1, 0.15) is 31.2 Å². The van der Waals surface area contributed by atoms with E-state index in [4.69, 9.17) is 0 Å². The van der Waals surface area contributed by atoms with Gasteiger partial charge in [-0.2, -0.15) is 0 Å². The van der Waals surface area contributed by atoms with Crippen LogP contribution in [0.2, 0.25) is 0 Å². The highest BCUT2D eigenvalue weighted by Gasteiger charge is 2.36. The van der Waals surface area contributed by atoms with E-state index in [1.807, 2.05) is 30.3 Å². The lowest BCUT2D eigenvalue weighted by molar-refractivity contribution is -0.133. The van der Waals surface area contributed by atoms with E-state index in [1.54, 1.807) is 11.0 Å². The average Bonchev–Trinajstić information content (AvgIpc) is 3.07. The molecule has 2 aliphatic heterocycles. The van der Waals surface area contributed by atoms with Crippen LogP contribution in [0, 0.1) is 0 Å². The van der Waals surface area contributed by atoms with Gasteiger partial charge in [0.15, 0.2) is 5.25 Å². The summed E-state index contributed by atoms with van der Waals surface area (Å²) in [5, 5.41) is 1.89. The van der Waals surface area contributed by atoms with E-state index in [-0.39, 0.29) is 17.3 Å². The Balaban J connectivity index is 1.48. The molecule has 1 fully saturated rings. The smallest absolute Gasteiger partial charge is 0.247 e. The molecule has 0 aromatic heterocycles. The van der Waals surface area contributed by atoms with E-state index in [2.05, 4.69) is 10.0 Å². The zero-order valence-electron chi connectivity index (χ0n) is 17.0. The number of rotatable bonds is 5. The summed E-state index contributed by atoms with van der Waals surface area (Å²) < 4.78 is 28.0. The first-order valence-corrected chi connectivity index (χ1v) is 12.7. The topological polar surface area (TPSA) is 95.6 Å². The Bertz CT molecular complexity index is 1070. The SMILES string of the molecule is O=C1Nc2cc(S(=O)(=O)NCc3ccccc3)ccc2SC1C(=O)N1CCCCCC1. The standard InChI is InChI=1S/C22H25N3O4S2/c26-21-20(22(27)25-12-6-1-2-7-13-25)30-19-11-10-17(14-18(19)24-21)31(28,29)23-15-16-8-4-3-5-9-16/h3-5,8-11,14,20,23H,1-2,6-7,12-13,15H2,(H,24,26). The molecule has 2 heterocycles. The molecule has 31 heavy (non-hydrogen) atoms. The van der Waals surface area contributed by atoms with Gasteiger partial charge in [-0.15, -0.1) is 11.8 Å². The highest BCUT2D eigenvalue weighted by Crippen LogP contribution is 2.38. The van der Waals surface area contributed by atoms with E-state index >= 15 is 0 Å². The molecule has 7 nitrogen and oxygen atoms in total. The van der Waals surface area contributed by atoms with Crippen LogP contribution in [-0.2, 0) is 26.2 Å². The number of carbonyl (C=O) groups is 2. The molecule has 0 spiro atoms. The van der Waals surface area contributed by atoms with Crippen LogP contribution >= 0.6 is 11.8 Å². The monoisotopic (exact) mass is 459 g/mol. The molecular formula is C22H25N3O4S2. The maximum absolute atomic E-state index is 12.9. The van der Waals surface area contributed by atoms with Crippen molar-refractivity contribution in [2.45, 2.75) is 47.3 Å². The molecule has 0 aliphatic carbocycles. The molecule has 2 aromatic rings. The first-order valence-electron chi connectivity index (χ1n) is 10.4. The van der Waals surface area contributed by atoms with Gasteiger partial charge < -0.3 is 10.2 Å². The number of nitrogens with one attached hydrogen (secondary N) is 2. The van der Waals surface area contributed by atoms with Crippen molar-refractivity contribution in [2.75, 3.05) is 18.4 Å². The summed E-state index contributed by atoms with van der Waals surface area (Å²) in [6, 6.07) is 13.8. The zero-order valence-corrected chi connectivity index (χ0v) is 18.7. The van der Waals surface area contributed by atoms with Gasteiger partial charge in [0.1, 0.15) is 0 Å². The molecule has 1 atom stereocenters. The molecule has 1 saturated heterocycles. The van der Waals surface area contributed by atoms with Crippen molar-refractivity contribution in [1.82, 2.24) is 9.62 Å². The van der Waals surface area contributed by atoms with Crippen molar-refractivity contribution in [3.8, 4) is 0 Å². The first-order chi connectivity index (χ1) is 14.9. The van der Waals surface area contributed by atoms with Gasteiger partial charge in [-0.1, -0.05) is 43.2 Å². The quantitative estimate of drug-likeness (QED) is 0.671. The molecule has 9 heteroatoms. The fourth-order valence-corrected chi connectivity index (χ4v) is 5.83. The summed E-state index contributed by atoms with van der Waals surface area (Å²) in [7, 11) is -3.75. The predicted molar refractivity (Wildman–Crippen MR) is 120 cm³/mol. The largest absolute Gasteiger partial charge is 0.341 e. The summed E-state index contributed by atoms with van der Waals surface area (Å²) in [6.07, 6.45) is 4.12. The van der Waals surface area contributed by atoms with Crippen LogP contribution in [-0.4, -0.2) is 43.5 Å². The van der Waals surface area contributed by atoms with E-state index in [9.17, 15) is 18.0 Å². The number of thioether (sulfide) groups is 1. The first kappa shape index (κ1) is 21.9. The minimum absolute atomic E-state index is 0.0698. The van der Waals surface area contributed by atoms with Crippen molar-refractivity contribution in [2.24, 2.45) is 0 Å². The second-order valence-electron chi connectivity index (χ2n) is 7.69. The molecule has 2 N–H and O–H groups in total. The van der Waals surface area contributed by atoms with Gasteiger partial charge in [0, 0.05) is 24.5 Å². The number of hydrogen-bond acceptors (Lipinski definition) is 5. The van der Waals surface area contributed by atoms with Gasteiger partial charge in [0.2, 0.25) is 21.8 Å². The number of likely N-dealkylation sites (tertiary alicyclic amines) is 1. The van der Waals surface area contributed by atoms with Gasteiger partial charge in [-0.3, -0.25) is 9.59 Å². The van der Waals surface area contributed by atoms with E-state index in [1.165, 1.54) is 23.9 Å². The maximum Gasteiger partial charge on any atom is 0.247 e. The second kappa shape index (κ2) is 9.42. The number of amides is 2. The number of sulfonamides is 1. The van der Waals surface area contributed by atoms with Crippen LogP contribution in [0.3, 0.4) is 0 Å². The van der Waals surface area contributed by atoms with Crippen LogP contribution in [0.25, 0.3) is 0 Å². The number of benzene rings is 2. The third kappa shape index (κ3) is 5.11. The summed E-state index contributed by atoms with van der Waals surface area (Å²) in [4.78, 5) is 28.1. The van der Waals surface area contributed by atoms with Crippen molar-refractivity contribution < 1.29 is 18.0 Å². The van der Waals surface area contributed by atoms with Gasteiger partial charge in [0.05, 0.1) is 10.6 Å². The Kier molecular flexibility index (Phi) is 6.64.